The number of hydrogen-bond donors (Lipinski definition) is 2. The molecule has 0 unspecified atom stereocenters. The van der Waals surface area contributed by atoms with Gasteiger partial charge < -0.3 is 20.1 Å². The highest BCUT2D eigenvalue weighted by Crippen LogP contribution is 2.32. The molecule has 0 spiro atoms. The van der Waals surface area contributed by atoms with Gasteiger partial charge in [0.2, 0.25) is 6.79 Å². The molecule has 0 fully saturated rings. The number of aryl methyl sites for hydroxylation is 1. The second-order valence-electron chi connectivity index (χ2n) is 5.31. The van der Waals surface area contributed by atoms with Crippen LogP contribution in [0.4, 0.5) is 5.69 Å². The number of hydrogen-bond acceptors (Lipinski definition) is 4. The number of carbonyl (C=O) groups is 2. The Morgan fingerprint density at radius 2 is 1.88 bits per heavy atom. The van der Waals surface area contributed by atoms with Gasteiger partial charge in [0, 0.05) is 11.0 Å². The Kier molecular flexibility index (Phi) is 4.71. The number of amides is 2. The van der Waals surface area contributed by atoms with E-state index in [1.807, 2.05) is 25.1 Å². The molecule has 0 aliphatic carbocycles. The van der Waals surface area contributed by atoms with Crippen molar-refractivity contribution >= 4 is 33.4 Å². The molecular formula is C17H15BrN2O4. The molecule has 0 aromatic heterocycles. The Hall–Kier alpha value is -2.54. The summed E-state index contributed by atoms with van der Waals surface area (Å²) in [6.45, 7) is 2.35. The topological polar surface area (TPSA) is 76.7 Å². The molecule has 0 saturated carbocycles. The third-order valence-corrected chi connectivity index (χ3v) is 4.13. The minimum atomic E-state index is -0.722. The Bertz CT molecular complexity index is 807. The average Bonchev–Trinajstić information content (AvgIpc) is 3.02. The predicted molar refractivity (Wildman–Crippen MR) is 91.9 cm³/mol. The molecule has 7 heteroatoms. The number of carbonyl (C=O) groups excluding carboxylic acids is 2. The Morgan fingerprint density at radius 3 is 2.67 bits per heavy atom. The number of fused-ring (bicyclic) bond motifs is 1. The van der Waals surface area contributed by atoms with Crippen LogP contribution < -0.4 is 20.1 Å². The molecule has 1 aliphatic rings. The molecule has 0 bridgehead atoms. The summed E-state index contributed by atoms with van der Waals surface area (Å²) in [5.74, 6) is -0.123. The van der Waals surface area contributed by atoms with Crippen molar-refractivity contribution in [3.05, 3.63) is 52.0 Å². The van der Waals surface area contributed by atoms with Gasteiger partial charge in [0.15, 0.2) is 11.5 Å². The first kappa shape index (κ1) is 16.3. The molecule has 2 aromatic carbocycles. The van der Waals surface area contributed by atoms with Gasteiger partial charge in [-0.05, 0) is 58.2 Å². The minimum absolute atomic E-state index is 0.193. The van der Waals surface area contributed by atoms with E-state index in [1.165, 1.54) is 0 Å². The number of rotatable bonds is 3. The maximum Gasteiger partial charge on any atom is 0.313 e. The summed E-state index contributed by atoms with van der Waals surface area (Å²) < 4.78 is 11.2. The van der Waals surface area contributed by atoms with Crippen LogP contribution in [0.3, 0.4) is 0 Å². The van der Waals surface area contributed by atoms with Crippen LogP contribution in [0.5, 0.6) is 11.5 Å². The van der Waals surface area contributed by atoms with Gasteiger partial charge in [-0.25, -0.2) is 0 Å². The van der Waals surface area contributed by atoms with Gasteiger partial charge >= 0.3 is 11.8 Å². The third-order valence-electron chi connectivity index (χ3n) is 3.47. The van der Waals surface area contributed by atoms with E-state index in [-0.39, 0.29) is 13.3 Å². The standard InChI is InChI=1S/C17H15BrN2O4/c1-10-2-4-13(12(18)6-10)20-17(22)16(21)19-8-11-3-5-14-15(7-11)24-9-23-14/h2-7H,8-9H2,1H3,(H,19,21)(H,20,22). The Labute approximate surface area is 147 Å². The number of benzene rings is 2. The number of nitrogens with one attached hydrogen (secondary N) is 2. The molecule has 1 aliphatic heterocycles. The predicted octanol–water partition coefficient (Wildman–Crippen LogP) is 2.74. The molecular weight excluding hydrogens is 376 g/mol. The van der Waals surface area contributed by atoms with Gasteiger partial charge in [0.05, 0.1) is 5.69 Å². The van der Waals surface area contributed by atoms with Crippen LogP contribution in [0.15, 0.2) is 40.9 Å². The third kappa shape index (κ3) is 3.68. The summed E-state index contributed by atoms with van der Waals surface area (Å²) in [4.78, 5) is 23.9. The molecule has 124 valence electrons. The highest BCUT2D eigenvalue weighted by atomic mass is 79.9. The first-order chi connectivity index (χ1) is 11.5. The van der Waals surface area contributed by atoms with Crippen LogP contribution in [-0.2, 0) is 16.1 Å². The second kappa shape index (κ2) is 6.92. The molecule has 6 nitrogen and oxygen atoms in total. The van der Waals surface area contributed by atoms with Crippen LogP contribution in [0.2, 0.25) is 0 Å². The number of anilines is 1. The van der Waals surface area contributed by atoms with Gasteiger partial charge in [0.1, 0.15) is 0 Å². The van der Waals surface area contributed by atoms with Crippen molar-refractivity contribution in [2.75, 3.05) is 12.1 Å². The number of halogens is 1. The van der Waals surface area contributed by atoms with Crippen molar-refractivity contribution in [2.24, 2.45) is 0 Å². The maximum atomic E-state index is 12.0. The van der Waals surface area contributed by atoms with Gasteiger partial charge in [-0.3, -0.25) is 9.59 Å². The largest absolute Gasteiger partial charge is 0.454 e. The highest BCUT2D eigenvalue weighted by Gasteiger charge is 2.16. The van der Waals surface area contributed by atoms with E-state index < -0.39 is 11.8 Å². The highest BCUT2D eigenvalue weighted by molar-refractivity contribution is 9.10. The zero-order valence-electron chi connectivity index (χ0n) is 12.9. The lowest BCUT2D eigenvalue weighted by atomic mass is 10.2. The first-order valence-corrected chi connectivity index (χ1v) is 8.06. The fourth-order valence-electron chi connectivity index (χ4n) is 2.21. The summed E-state index contributed by atoms with van der Waals surface area (Å²) in [6.07, 6.45) is 0. The summed E-state index contributed by atoms with van der Waals surface area (Å²) in [6, 6.07) is 10.8. The van der Waals surface area contributed by atoms with Crippen LogP contribution in [0.1, 0.15) is 11.1 Å². The van der Waals surface area contributed by atoms with Gasteiger partial charge in [0.25, 0.3) is 0 Å². The van der Waals surface area contributed by atoms with Crippen molar-refractivity contribution in [1.82, 2.24) is 5.32 Å². The smallest absolute Gasteiger partial charge is 0.313 e. The average molecular weight is 391 g/mol. The molecule has 0 atom stereocenters. The second-order valence-corrected chi connectivity index (χ2v) is 6.16. The van der Waals surface area contributed by atoms with Crippen LogP contribution in [-0.4, -0.2) is 18.6 Å². The van der Waals surface area contributed by atoms with Crippen molar-refractivity contribution in [2.45, 2.75) is 13.5 Å². The molecule has 0 radical (unpaired) electrons. The van der Waals surface area contributed by atoms with Crippen molar-refractivity contribution in [3.63, 3.8) is 0 Å². The lowest BCUT2D eigenvalue weighted by molar-refractivity contribution is -0.136. The SMILES string of the molecule is Cc1ccc(NC(=O)C(=O)NCc2ccc3c(c2)OCO3)c(Br)c1. The fourth-order valence-corrected chi connectivity index (χ4v) is 2.81. The zero-order chi connectivity index (χ0) is 17.1. The van der Waals surface area contributed by atoms with E-state index in [1.54, 1.807) is 18.2 Å². The molecule has 2 N–H and O–H groups in total. The van der Waals surface area contributed by atoms with Gasteiger partial charge in [-0.15, -0.1) is 0 Å². The van der Waals surface area contributed by atoms with E-state index in [2.05, 4.69) is 26.6 Å². The normalized spacial score (nSPS) is 11.9. The number of ether oxygens (including phenoxy) is 2. The van der Waals surface area contributed by atoms with Crippen molar-refractivity contribution in [1.29, 1.82) is 0 Å². The monoisotopic (exact) mass is 390 g/mol. The Morgan fingerprint density at radius 1 is 1.08 bits per heavy atom. The minimum Gasteiger partial charge on any atom is -0.454 e. The quantitative estimate of drug-likeness (QED) is 0.789. The van der Waals surface area contributed by atoms with E-state index in [0.29, 0.717) is 17.2 Å². The van der Waals surface area contributed by atoms with E-state index >= 15 is 0 Å². The molecule has 2 aromatic rings. The molecule has 3 rings (SSSR count). The summed E-state index contributed by atoms with van der Waals surface area (Å²) in [7, 11) is 0. The van der Waals surface area contributed by atoms with E-state index in [0.717, 1.165) is 15.6 Å². The van der Waals surface area contributed by atoms with Gasteiger partial charge in [-0.2, -0.15) is 0 Å². The summed E-state index contributed by atoms with van der Waals surface area (Å²) in [5, 5.41) is 5.15. The van der Waals surface area contributed by atoms with Crippen LogP contribution >= 0.6 is 15.9 Å². The van der Waals surface area contributed by atoms with Crippen LogP contribution in [0, 0.1) is 6.92 Å². The van der Waals surface area contributed by atoms with Crippen molar-refractivity contribution in [3.8, 4) is 11.5 Å². The molecule has 0 saturated heterocycles. The van der Waals surface area contributed by atoms with Crippen LogP contribution in [0.25, 0.3) is 0 Å². The molecule has 1 heterocycles. The Balaban J connectivity index is 1.57. The fraction of sp³-hybridized carbons (Fsp3) is 0.176. The van der Waals surface area contributed by atoms with E-state index in [4.69, 9.17) is 9.47 Å². The molecule has 24 heavy (non-hydrogen) atoms. The van der Waals surface area contributed by atoms with E-state index in [9.17, 15) is 9.59 Å². The van der Waals surface area contributed by atoms with Gasteiger partial charge in [-0.1, -0.05) is 12.1 Å². The lowest BCUT2D eigenvalue weighted by Gasteiger charge is -2.09. The summed E-state index contributed by atoms with van der Waals surface area (Å²) >= 11 is 3.36. The lowest BCUT2D eigenvalue weighted by Crippen LogP contribution is -2.35. The summed E-state index contributed by atoms with van der Waals surface area (Å²) in [5.41, 5.74) is 2.41. The molecule has 2 amide bonds. The first-order valence-electron chi connectivity index (χ1n) is 7.27. The zero-order valence-corrected chi connectivity index (χ0v) is 14.5. The maximum absolute atomic E-state index is 12.0. The van der Waals surface area contributed by atoms with Crippen molar-refractivity contribution < 1.29 is 19.1 Å².